The Bertz CT molecular complexity index is 495. The first-order chi connectivity index (χ1) is 9.54. The lowest BCUT2D eigenvalue weighted by molar-refractivity contribution is 0.0574. The van der Waals surface area contributed by atoms with Gasteiger partial charge in [-0.1, -0.05) is 0 Å². The van der Waals surface area contributed by atoms with Crippen molar-refractivity contribution >= 4 is 11.7 Å². The second-order valence-corrected chi connectivity index (χ2v) is 4.93. The molecule has 1 aliphatic rings. The minimum absolute atomic E-state index is 0.00643. The average Bonchev–Trinajstić information content (AvgIpc) is 2.85. The van der Waals surface area contributed by atoms with Gasteiger partial charge in [-0.3, -0.25) is 4.79 Å². The molecule has 0 aromatic carbocycles. The fraction of sp³-hybridized carbons (Fsp3) is 0.571. The molecule has 1 saturated heterocycles. The summed E-state index contributed by atoms with van der Waals surface area (Å²) < 4.78 is 18.9. The van der Waals surface area contributed by atoms with Crippen LogP contribution < -0.4 is 5.32 Å². The van der Waals surface area contributed by atoms with Crippen molar-refractivity contribution in [2.75, 3.05) is 25.5 Å². The molecule has 1 fully saturated rings. The van der Waals surface area contributed by atoms with Crippen molar-refractivity contribution in [3.63, 3.8) is 0 Å². The highest BCUT2D eigenvalue weighted by Crippen LogP contribution is 2.22. The van der Waals surface area contributed by atoms with Crippen LogP contribution in [-0.4, -0.2) is 48.1 Å². The molecule has 0 aliphatic carbocycles. The van der Waals surface area contributed by atoms with Crippen LogP contribution in [0.1, 0.15) is 30.6 Å². The van der Waals surface area contributed by atoms with Crippen LogP contribution in [-0.2, 0) is 4.74 Å². The van der Waals surface area contributed by atoms with E-state index in [1.54, 1.807) is 11.9 Å². The van der Waals surface area contributed by atoms with Gasteiger partial charge in [0.2, 0.25) is 0 Å². The van der Waals surface area contributed by atoms with Crippen LogP contribution in [0.2, 0.25) is 0 Å². The van der Waals surface area contributed by atoms with E-state index < -0.39 is 5.82 Å². The Hall–Kier alpha value is -1.69. The maximum Gasteiger partial charge on any atom is 0.257 e. The summed E-state index contributed by atoms with van der Waals surface area (Å²) in [6, 6.07) is 1.24. The third-order valence-electron chi connectivity index (χ3n) is 3.58. The van der Waals surface area contributed by atoms with Gasteiger partial charge in [0.25, 0.3) is 5.91 Å². The molecule has 1 aliphatic heterocycles. The number of nitrogens with zero attached hydrogens (tertiary/aromatic N) is 2. The molecule has 20 heavy (non-hydrogen) atoms. The number of carbonyl (C=O) groups is 1. The quantitative estimate of drug-likeness (QED) is 0.916. The predicted octanol–water partition coefficient (Wildman–Crippen LogP) is 1.90. The summed E-state index contributed by atoms with van der Waals surface area (Å²) in [5.41, 5.74) is 0.258. The Labute approximate surface area is 118 Å². The second kappa shape index (κ2) is 6.17. The van der Waals surface area contributed by atoms with Crippen molar-refractivity contribution in [1.82, 2.24) is 9.88 Å². The zero-order valence-corrected chi connectivity index (χ0v) is 12.0. The number of amides is 1. The molecule has 110 valence electrons. The number of anilines is 1. The van der Waals surface area contributed by atoms with Crippen LogP contribution in [0.4, 0.5) is 10.2 Å². The van der Waals surface area contributed by atoms with E-state index in [0.717, 1.165) is 12.6 Å². The molecule has 1 amide bonds. The van der Waals surface area contributed by atoms with Gasteiger partial charge in [0, 0.05) is 20.2 Å². The Kier molecular flexibility index (Phi) is 4.54. The van der Waals surface area contributed by atoms with Crippen LogP contribution >= 0.6 is 0 Å². The van der Waals surface area contributed by atoms with E-state index >= 15 is 0 Å². The Morgan fingerprint density at radius 2 is 2.40 bits per heavy atom. The fourth-order valence-electron chi connectivity index (χ4n) is 2.48. The van der Waals surface area contributed by atoms with Gasteiger partial charge in [0.1, 0.15) is 11.6 Å². The normalized spacial score (nSPS) is 21.8. The first-order valence-electron chi connectivity index (χ1n) is 6.82. The highest BCUT2D eigenvalue weighted by molar-refractivity contribution is 5.98. The van der Waals surface area contributed by atoms with Gasteiger partial charge in [-0.15, -0.1) is 0 Å². The number of rotatable bonds is 4. The van der Waals surface area contributed by atoms with E-state index in [4.69, 9.17) is 4.74 Å². The molecule has 1 N–H and O–H groups in total. The summed E-state index contributed by atoms with van der Waals surface area (Å²) in [6.07, 6.45) is 1.90. The van der Waals surface area contributed by atoms with Crippen molar-refractivity contribution in [3.05, 3.63) is 23.6 Å². The molecule has 1 aromatic rings. The summed E-state index contributed by atoms with van der Waals surface area (Å²) >= 11 is 0. The van der Waals surface area contributed by atoms with E-state index in [-0.39, 0.29) is 23.6 Å². The molecular formula is C14H20FN3O2. The predicted molar refractivity (Wildman–Crippen MR) is 74.3 cm³/mol. The van der Waals surface area contributed by atoms with Gasteiger partial charge < -0.3 is 15.0 Å². The van der Waals surface area contributed by atoms with E-state index in [1.807, 2.05) is 13.8 Å². The van der Waals surface area contributed by atoms with Crippen LogP contribution in [0.3, 0.4) is 0 Å². The van der Waals surface area contributed by atoms with E-state index in [0.29, 0.717) is 19.0 Å². The summed E-state index contributed by atoms with van der Waals surface area (Å²) in [5, 5.41) is 2.98. The number of ether oxygens (including phenoxy) is 1. The monoisotopic (exact) mass is 281 g/mol. The summed E-state index contributed by atoms with van der Waals surface area (Å²) in [5.74, 6) is -0.341. The SMILES string of the molecule is CCNc1ncc(F)cc1C(=O)N(C)C1CCOC1C. The van der Waals surface area contributed by atoms with E-state index in [9.17, 15) is 9.18 Å². The number of aromatic nitrogens is 1. The van der Waals surface area contributed by atoms with Gasteiger partial charge in [-0.05, 0) is 26.3 Å². The smallest absolute Gasteiger partial charge is 0.257 e. The molecule has 2 heterocycles. The third kappa shape index (κ3) is 2.90. The third-order valence-corrected chi connectivity index (χ3v) is 3.58. The van der Waals surface area contributed by atoms with Crippen molar-refractivity contribution < 1.29 is 13.9 Å². The highest BCUT2D eigenvalue weighted by Gasteiger charge is 2.32. The number of carbonyl (C=O) groups excluding carboxylic acids is 1. The molecule has 0 saturated carbocycles. The van der Waals surface area contributed by atoms with Gasteiger partial charge in [-0.25, -0.2) is 9.37 Å². The van der Waals surface area contributed by atoms with Crippen molar-refractivity contribution in [3.8, 4) is 0 Å². The molecule has 2 atom stereocenters. The molecular weight excluding hydrogens is 261 g/mol. The number of nitrogens with one attached hydrogen (secondary N) is 1. The standard InChI is InChI=1S/C14H20FN3O2/c1-4-16-13-11(7-10(15)8-17-13)14(19)18(3)12-5-6-20-9(12)2/h7-9,12H,4-6H2,1-3H3,(H,16,17). The van der Waals surface area contributed by atoms with Gasteiger partial charge >= 0.3 is 0 Å². The molecule has 2 unspecified atom stereocenters. The van der Waals surface area contributed by atoms with Crippen LogP contribution in [0.5, 0.6) is 0 Å². The largest absolute Gasteiger partial charge is 0.376 e. The summed E-state index contributed by atoms with van der Waals surface area (Å²) in [6.45, 7) is 5.10. The highest BCUT2D eigenvalue weighted by atomic mass is 19.1. The molecule has 2 rings (SSSR count). The summed E-state index contributed by atoms with van der Waals surface area (Å²) in [4.78, 5) is 18.1. The number of hydrogen-bond acceptors (Lipinski definition) is 4. The fourth-order valence-corrected chi connectivity index (χ4v) is 2.48. The van der Waals surface area contributed by atoms with Crippen molar-refractivity contribution in [1.29, 1.82) is 0 Å². The topological polar surface area (TPSA) is 54.5 Å². The zero-order chi connectivity index (χ0) is 14.7. The number of pyridine rings is 1. The lowest BCUT2D eigenvalue weighted by Gasteiger charge is -2.27. The molecule has 0 radical (unpaired) electrons. The molecule has 1 aromatic heterocycles. The molecule has 0 bridgehead atoms. The van der Waals surface area contributed by atoms with Crippen LogP contribution in [0.15, 0.2) is 12.3 Å². The number of hydrogen-bond donors (Lipinski definition) is 1. The van der Waals surface area contributed by atoms with Gasteiger partial charge in [0.15, 0.2) is 0 Å². The van der Waals surface area contributed by atoms with Crippen LogP contribution in [0.25, 0.3) is 0 Å². The van der Waals surface area contributed by atoms with Crippen LogP contribution in [0, 0.1) is 5.82 Å². The van der Waals surface area contributed by atoms with E-state index in [1.165, 1.54) is 6.07 Å². The lowest BCUT2D eigenvalue weighted by Crippen LogP contribution is -2.41. The Balaban J connectivity index is 2.25. The lowest BCUT2D eigenvalue weighted by atomic mass is 10.1. The van der Waals surface area contributed by atoms with Crippen molar-refractivity contribution in [2.45, 2.75) is 32.4 Å². The van der Waals surface area contributed by atoms with E-state index in [2.05, 4.69) is 10.3 Å². The first-order valence-corrected chi connectivity index (χ1v) is 6.82. The molecule has 6 heteroatoms. The van der Waals surface area contributed by atoms with Crippen molar-refractivity contribution in [2.24, 2.45) is 0 Å². The maximum absolute atomic E-state index is 13.4. The average molecular weight is 281 g/mol. The summed E-state index contributed by atoms with van der Waals surface area (Å²) in [7, 11) is 1.72. The zero-order valence-electron chi connectivity index (χ0n) is 12.0. The minimum Gasteiger partial charge on any atom is -0.376 e. The Morgan fingerprint density at radius 3 is 3.00 bits per heavy atom. The molecule has 5 nitrogen and oxygen atoms in total. The second-order valence-electron chi connectivity index (χ2n) is 4.93. The Morgan fingerprint density at radius 1 is 1.65 bits per heavy atom. The maximum atomic E-state index is 13.4. The van der Waals surface area contributed by atoms with Gasteiger partial charge in [-0.2, -0.15) is 0 Å². The number of likely N-dealkylation sites (N-methyl/N-ethyl adjacent to an activating group) is 1. The minimum atomic E-state index is -0.515. The van der Waals surface area contributed by atoms with Gasteiger partial charge in [0.05, 0.1) is 23.9 Å². The number of halogens is 1. The molecule has 0 spiro atoms. The first kappa shape index (κ1) is 14.7.